The van der Waals surface area contributed by atoms with Crippen LogP contribution in [0.25, 0.3) is 0 Å². The molecule has 2 saturated carbocycles. The highest BCUT2D eigenvalue weighted by Crippen LogP contribution is 2.43. The molecule has 0 aromatic heterocycles. The Labute approximate surface area is 186 Å². The van der Waals surface area contributed by atoms with Gasteiger partial charge in [0.2, 0.25) is 5.91 Å². The van der Waals surface area contributed by atoms with Crippen LogP contribution in [-0.4, -0.2) is 60.6 Å². The Morgan fingerprint density at radius 1 is 1.10 bits per heavy atom. The fraction of sp³-hybridized carbons (Fsp3) is 0.913. The van der Waals surface area contributed by atoms with Crippen molar-refractivity contribution < 1.29 is 14.3 Å². The van der Waals surface area contributed by atoms with Crippen LogP contribution in [0.5, 0.6) is 0 Å². The topological polar surface area (TPSA) is 63.2 Å². The summed E-state index contributed by atoms with van der Waals surface area (Å²) in [5.41, 5.74) is 1.05. The lowest BCUT2D eigenvalue weighted by Crippen LogP contribution is -2.56. The third-order valence-electron chi connectivity index (χ3n) is 8.17. The van der Waals surface area contributed by atoms with E-state index in [0.29, 0.717) is 17.9 Å². The van der Waals surface area contributed by atoms with Crippen LogP contribution >= 0.6 is 11.6 Å². The van der Waals surface area contributed by atoms with Crippen molar-refractivity contribution in [1.29, 1.82) is 0 Å². The van der Waals surface area contributed by atoms with Crippen molar-refractivity contribution in [2.45, 2.75) is 95.0 Å². The first-order valence-electron chi connectivity index (χ1n) is 11.7. The van der Waals surface area contributed by atoms with Crippen LogP contribution in [-0.2, 0) is 14.3 Å². The number of ether oxygens (including phenoxy) is 2. The number of nitrogens with zero attached hydrogens (tertiary/aromatic N) is 2. The molecule has 2 heterocycles. The molecule has 4 rings (SSSR count). The fourth-order valence-corrected chi connectivity index (χ4v) is 6.87. The number of piperidine rings is 1. The van der Waals surface area contributed by atoms with Crippen molar-refractivity contribution in [2.75, 3.05) is 14.2 Å². The molecule has 30 heavy (non-hydrogen) atoms. The fourth-order valence-electron chi connectivity index (χ4n) is 6.44. The first-order chi connectivity index (χ1) is 14.4. The average Bonchev–Trinajstić information content (AvgIpc) is 3.18. The van der Waals surface area contributed by atoms with Gasteiger partial charge >= 0.3 is 0 Å². The lowest BCUT2D eigenvalue weighted by atomic mass is 9.70. The smallest absolute Gasteiger partial charge is 0.239 e. The maximum Gasteiger partial charge on any atom is 0.239 e. The number of fused-ring (bicyclic) bond motifs is 1. The van der Waals surface area contributed by atoms with Gasteiger partial charge in [-0.3, -0.25) is 10.1 Å². The number of hydrogen-bond donors (Lipinski definition) is 1. The third-order valence-corrected chi connectivity index (χ3v) is 8.62. The number of hydrazone groups is 1. The van der Waals surface area contributed by atoms with E-state index in [2.05, 4.69) is 12.2 Å². The number of hydrogen-bond acceptors (Lipinski definition) is 5. The van der Waals surface area contributed by atoms with E-state index < -0.39 is 0 Å². The van der Waals surface area contributed by atoms with Gasteiger partial charge in [-0.2, -0.15) is 5.10 Å². The van der Waals surface area contributed by atoms with E-state index in [9.17, 15) is 4.79 Å². The molecule has 0 bridgehead atoms. The van der Waals surface area contributed by atoms with Crippen molar-refractivity contribution in [3.05, 3.63) is 0 Å². The van der Waals surface area contributed by atoms with Crippen LogP contribution in [0.2, 0.25) is 0 Å². The molecule has 9 unspecified atom stereocenters. The molecule has 4 aliphatic rings. The monoisotopic (exact) mass is 439 g/mol. The maximum absolute atomic E-state index is 12.5. The van der Waals surface area contributed by atoms with Crippen molar-refractivity contribution in [3.63, 3.8) is 0 Å². The van der Waals surface area contributed by atoms with Gasteiger partial charge in [0.25, 0.3) is 0 Å². The Morgan fingerprint density at radius 3 is 2.57 bits per heavy atom. The minimum Gasteiger partial charge on any atom is -0.379 e. The summed E-state index contributed by atoms with van der Waals surface area (Å²) >= 11 is 6.88. The second-order valence-electron chi connectivity index (χ2n) is 10.0. The second kappa shape index (κ2) is 9.43. The second-order valence-corrected chi connectivity index (χ2v) is 10.5. The molecule has 2 aliphatic carbocycles. The van der Waals surface area contributed by atoms with Gasteiger partial charge in [0.1, 0.15) is 0 Å². The summed E-state index contributed by atoms with van der Waals surface area (Å²) in [5.74, 6) is 2.04. The van der Waals surface area contributed by atoms with Crippen LogP contribution in [0.4, 0.5) is 0 Å². The van der Waals surface area contributed by atoms with E-state index in [1.807, 2.05) is 0 Å². The van der Waals surface area contributed by atoms with Gasteiger partial charge in [-0.25, -0.2) is 5.01 Å². The molecule has 0 radical (unpaired) electrons. The molecule has 1 N–H and O–H groups in total. The first kappa shape index (κ1) is 22.5. The summed E-state index contributed by atoms with van der Waals surface area (Å²) < 4.78 is 11.3. The van der Waals surface area contributed by atoms with Gasteiger partial charge in [-0.15, -0.1) is 11.6 Å². The highest BCUT2D eigenvalue weighted by Gasteiger charge is 2.47. The molecule has 0 spiro atoms. The van der Waals surface area contributed by atoms with E-state index in [1.165, 1.54) is 19.3 Å². The van der Waals surface area contributed by atoms with Crippen molar-refractivity contribution in [3.8, 4) is 0 Å². The summed E-state index contributed by atoms with van der Waals surface area (Å²) in [7, 11) is 3.51. The highest BCUT2D eigenvalue weighted by molar-refractivity contribution is 6.20. The molecule has 0 aromatic rings. The first-order valence-corrected chi connectivity index (χ1v) is 12.2. The zero-order valence-corrected chi connectivity index (χ0v) is 19.6. The zero-order chi connectivity index (χ0) is 21.4. The summed E-state index contributed by atoms with van der Waals surface area (Å²) in [4.78, 5) is 12.5. The number of amides is 1. The van der Waals surface area contributed by atoms with Gasteiger partial charge in [0.15, 0.2) is 0 Å². The standard InChI is InChI=1S/C23H38ClN3O3/c1-13-5-6-15-10-17(23(24)25-18(15)9-13)20-12-19(26-27(20)14(2)28)16-7-8-21(29-3)22(11-16)30-4/h13,15-18,20-23,25H,5-12H2,1-4H3. The largest absolute Gasteiger partial charge is 0.379 e. The Hall–Kier alpha value is -0.690. The van der Waals surface area contributed by atoms with Crippen LogP contribution in [0.15, 0.2) is 5.10 Å². The number of nitrogens with one attached hydrogen (secondary N) is 1. The number of alkyl halides is 1. The van der Waals surface area contributed by atoms with E-state index in [0.717, 1.165) is 43.7 Å². The van der Waals surface area contributed by atoms with Crippen molar-refractivity contribution in [2.24, 2.45) is 28.8 Å². The molecule has 1 amide bonds. The van der Waals surface area contributed by atoms with E-state index in [-0.39, 0.29) is 35.6 Å². The number of methoxy groups -OCH3 is 2. The van der Waals surface area contributed by atoms with Gasteiger partial charge in [0, 0.05) is 51.2 Å². The van der Waals surface area contributed by atoms with Crippen LogP contribution in [0.3, 0.4) is 0 Å². The number of halogens is 1. The van der Waals surface area contributed by atoms with Crippen LogP contribution in [0.1, 0.15) is 65.2 Å². The molecule has 3 fully saturated rings. The van der Waals surface area contributed by atoms with Gasteiger partial charge in [-0.1, -0.05) is 13.3 Å². The SMILES string of the molecule is COC1CCC(C2=NN(C(C)=O)C(C3CC4CCC(C)CC4NC3Cl)C2)CC1OC. The summed E-state index contributed by atoms with van der Waals surface area (Å²) in [6, 6.07) is 0.584. The van der Waals surface area contributed by atoms with E-state index in [4.69, 9.17) is 26.2 Å². The molecule has 9 atom stereocenters. The van der Waals surface area contributed by atoms with E-state index in [1.54, 1.807) is 26.2 Å². The van der Waals surface area contributed by atoms with E-state index >= 15 is 0 Å². The summed E-state index contributed by atoms with van der Waals surface area (Å²) in [6.45, 7) is 3.97. The quantitative estimate of drug-likeness (QED) is 0.535. The lowest BCUT2D eigenvalue weighted by Gasteiger charge is -2.46. The Kier molecular flexibility index (Phi) is 7.08. The molecule has 2 aliphatic heterocycles. The molecule has 1 saturated heterocycles. The van der Waals surface area contributed by atoms with Gasteiger partial charge in [0.05, 0.1) is 23.8 Å². The highest BCUT2D eigenvalue weighted by atomic mass is 35.5. The molecular formula is C23H38ClN3O3. The van der Waals surface area contributed by atoms with Crippen molar-refractivity contribution in [1.82, 2.24) is 10.3 Å². The molecule has 6 nitrogen and oxygen atoms in total. The molecule has 0 aromatic carbocycles. The van der Waals surface area contributed by atoms with Gasteiger partial charge in [-0.05, 0) is 50.4 Å². The Bertz CT molecular complexity index is 660. The van der Waals surface area contributed by atoms with Crippen molar-refractivity contribution >= 4 is 23.2 Å². The van der Waals surface area contributed by atoms with Crippen LogP contribution in [0, 0.1) is 23.7 Å². The Balaban J connectivity index is 1.46. The molecule has 7 heteroatoms. The molecular weight excluding hydrogens is 402 g/mol. The summed E-state index contributed by atoms with van der Waals surface area (Å²) in [6.07, 6.45) is 8.83. The number of carbonyl (C=O) groups excluding carboxylic acids is 1. The normalized spacial score (nSPS) is 44.5. The molecule has 170 valence electrons. The van der Waals surface area contributed by atoms with Crippen LogP contribution < -0.4 is 5.32 Å². The predicted octanol–water partition coefficient (Wildman–Crippen LogP) is 3.77. The van der Waals surface area contributed by atoms with Gasteiger partial charge < -0.3 is 9.47 Å². The maximum atomic E-state index is 12.5. The Morgan fingerprint density at radius 2 is 1.87 bits per heavy atom. The predicted molar refractivity (Wildman–Crippen MR) is 118 cm³/mol. The minimum atomic E-state index is -0.103. The minimum absolute atomic E-state index is 0.0205. The lowest BCUT2D eigenvalue weighted by molar-refractivity contribution is -0.132. The number of rotatable bonds is 4. The summed E-state index contributed by atoms with van der Waals surface area (Å²) in [5, 5.41) is 10.3. The number of carbonyl (C=O) groups is 1. The zero-order valence-electron chi connectivity index (χ0n) is 18.9. The third kappa shape index (κ3) is 4.43. The average molecular weight is 440 g/mol.